The van der Waals surface area contributed by atoms with Gasteiger partial charge in [0.1, 0.15) is 0 Å². The number of hydrogen-bond acceptors (Lipinski definition) is 3. The van der Waals surface area contributed by atoms with Gasteiger partial charge in [-0.1, -0.05) is 48.5 Å². The number of nitrogens with one attached hydrogen (secondary N) is 1. The zero-order valence-corrected chi connectivity index (χ0v) is 13.2. The van der Waals surface area contributed by atoms with Crippen molar-refractivity contribution >= 4 is 11.9 Å². The van der Waals surface area contributed by atoms with Crippen molar-refractivity contribution in [1.82, 2.24) is 5.32 Å². The van der Waals surface area contributed by atoms with Crippen LogP contribution in [0.5, 0.6) is 0 Å². The normalized spacial score (nSPS) is 11.5. The van der Waals surface area contributed by atoms with Gasteiger partial charge < -0.3 is 10.1 Å². The fourth-order valence-electron chi connectivity index (χ4n) is 2.36. The van der Waals surface area contributed by atoms with Crippen molar-refractivity contribution in [2.45, 2.75) is 25.8 Å². The molecule has 0 saturated heterocycles. The monoisotopic (exact) mass is 311 g/mol. The third-order valence-electron chi connectivity index (χ3n) is 3.46. The smallest absolute Gasteiger partial charge is 0.338 e. The fraction of sp³-hybridized carbons (Fsp3) is 0.263. The highest BCUT2D eigenvalue weighted by Crippen LogP contribution is 2.18. The van der Waals surface area contributed by atoms with Crippen LogP contribution in [0.4, 0.5) is 0 Å². The van der Waals surface area contributed by atoms with Gasteiger partial charge in [-0.15, -0.1) is 0 Å². The maximum absolute atomic E-state index is 11.8. The van der Waals surface area contributed by atoms with Crippen LogP contribution in [0.15, 0.2) is 60.7 Å². The van der Waals surface area contributed by atoms with Crippen molar-refractivity contribution in [1.29, 1.82) is 0 Å². The summed E-state index contributed by atoms with van der Waals surface area (Å²) in [5, 5.41) is 2.94. The second kappa shape index (κ2) is 8.73. The average Bonchev–Trinajstić information content (AvgIpc) is 2.58. The van der Waals surface area contributed by atoms with Crippen molar-refractivity contribution in [2.24, 2.45) is 0 Å². The van der Waals surface area contributed by atoms with Gasteiger partial charge in [-0.05, 0) is 30.5 Å². The molecule has 1 N–H and O–H groups in total. The third kappa shape index (κ3) is 5.58. The molecule has 4 heteroatoms. The minimum atomic E-state index is -0.318. The Hall–Kier alpha value is -2.62. The highest BCUT2D eigenvalue weighted by molar-refractivity contribution is 5.89. The van der Waals surface area contributed by atoms with Crippen molar-refractivity contribution in [3.05, 3.63) is 71.8 Å². The highest BCUT2D eigenvalue weighted by Gasteiger charge is 2.13. The molecule has 0 bridgehead atoms. The Balaban J connectivity index is 1.82. The predicted molar refractivity (Wildman–Crippen MR) is 89.0 cm³/mol. The minimum absolute atomic E-state index is 0.0656. The Morgan fingerprint density at radius 1 is 1.00 bits per heavy atom. The summed E-state index contributed by atoms with van der Waals surface area (Å²) in [6.45, 7) is 1.84. The maximum atomic E-state index is 11.8. The third-order valence-corrected chi connectivity index (χ3v) is 3.46. The van der Waals surface area contributed by atoms with Crippen molar-refractivity contribution in [3.63, 3.8) is 0 Å². The molecule has 1 amide bonds. The number of rotatable bonds is 7. The topological polar surface area (TPSA) is 55.4 Å². The quantitative estimate of drug-likeness (QED) is 0.629. The zero-order valence-electron chi connectivity index (χ0n) is 13.2. The van der Waals surface area contributed by atoms with Crippen molar-refractivity contribution in [3.8, 4) is 0 Å². The number of esters is 1. The molecule has 1 atom stereocenters. The molecule has 0 heterocycles. The summed E-state index contributed by atoms with van der Waals surface area (Å²) in [7, 11) is 0. The molecule has 0 fully saturated rings. The molecule has 23 heavy (non-hydrogen) atoms. The standard InChI is InChI=1S/C19H21NO3/c1-15(21)20-18(16-9-4-2-5-10-16)13-8-14-23-19(22)17-11-6-3-7-12-17/h2-7,9-12,18H,8,13-14H2,1H3,(H,20,21). The molecular formula is C19H21NO3. The molecule has 2 aromatic rings. The lowest BCUT2D eigenvalue weighted by Gasteiger charge is -2.18. The van der Waals surface area contributed by atoms with Crippen LogP contribution in [0.3, 0.4) is 0 Å². The molecule has 0 aromatic heterocycles. The summed E-state index contributed by atoms with van der Waals surface area (Å²) in [6.07, 6.45) is 1.39. The fourth-order valence-corrected chi connectivity index (χ4v) is 2.36. The number of carbonyl (C=O) groups is 2. The highest BCUT2D eigenvalue weighted by atomic mass is 16.5. The van der Waals surface area contributed by atoms with E-state index >= 15 is 0 Å². The summed E-state index contributed by atoms with van der Waals surface area (Å²) in [5.41, 5.74) is 1.60. The van der Waals surface area contributed by atoms with Crippen LogP contribution < -0.4 is 5.32 Å². The van der Waals surface area contributed by atoms with E-state index in [0.717, 1.165) is 5.56 Å². The largest absolute Gasteiger partial charge is 0.462 e. The maximum Gasteiger partial charge on any atom is 0.338 e. The summed E-state index contributed by atoms with van der Waals surface area (Å²) in [6, 6.07) is 18.7. The Morgan fingerprint density at radius 2 is 1.61 bits per heavy atom. The van der Waals surface area contributed by atoms with Crippen LogP contribution in [-0.2, 0) is 9.53 Å². The van der Waals surface area contributed by atoms with Gasteiger partial charge >= 0.3 is 5.97 Å². The SMILES string of the molecule is CC(=O)NC(CCCOC(=O)c1ccccc1)c1ccccc1. The minimum Gasteiger partial charge on any atom is -0.462 e. The first-order valence-corrected chi connectivity index (χ1v) is 7.71. The van der Waals surface area contributed by atoms with Gasteiger partial charge in [-0.3, -0.25) is 4.79 Å². The first-order chi connectivity index (χ1) is 11.2. The predicted octanol–water partition coefficient (Wildman–Crippen LogP) is 3.50. The first-order valence-electron chi connectivity index (χ1n) is 7.71. The van der Waals surface area contributed by atoms with Gasteiger partial charge in [0, 0.05) is 6.92 Å². The van der Waals surface area contributed by atoms with Crippen LogP contribution in [0.25, 0.3) is 0 Å². The van der Waals surface area contributed by atoms with Gasteiger partial charge in [-0.25, -0.2) is 4.79 Å². The van der Waals surface area contributed by atoms with E-state index < -0.39 is 0 Å². The lowest BCUT2D eigenvalue weighted by atomic mass is 10.0. The zero-order chi connectivity index (χ0) is 16.5. The lowest BCUT2D eigenvalue weighted by molar-refractivity contribution is -0.119. The number of benzene rings is 2. The van der Waals surface area contributed by atoms with E-state index in [1.54, 1.807) is 24.3 Å². The van der Waals surface area contributed by atoms with Crippen molar-refractivity contribution in [2.75, 3.05) is 6.61 Å². The second-order valence-electron chi connectivity index (χ2n) is 5.31. The molecule has 0 spiro atoms. The summed E-state index contributed by atoms with van der Waals surface area (Å²) in [5.74, 6) is -0.387. The molecule has 4 nitrogen and oxygen atoms in total. The van der Waals surface area contributed by atoms with E-state index in [1.165, 1.54) is 6.92 Å². The molecule has 0 aliphatic rings. The van der Waals surface area contributed by atoms with E-state index in [1.807, 2.05) is 36.4 Å². The molecule has 0 aliphatic carbocycles. The molecule has 1 unspecified atom stereocenters. The number of ether oxygens (including phenoxy) is 1. The first kappa shape index (κ1) is 16.7. The summed E-state index contributed by atoms with van der Waals surface area (Å²) in [4.78, 5) is 23.2. The molecule has 0 saturated carbocycles. The molecule has 0 aliphatic heterocycles. The van der Waals surface area contributed by atoms with E-state index in [2.05, 4.69) is 5.32 Å². The lowest BCUT2D eigenvalue weighted by Crippen LogP contribution is -2.26. The van der Waals surface area contributed by atoms with Crippen LogP contribution >= 0.6 is 0 Å². The van der Waals surface area contributed by atoms with E-state index in [4.69, 9.17) is 4.74 Å². The average molecular weight is 311 g/mol. The Labute approximate surface area is 136 Å². The van der Waals surface area contributed by atoms with Crippen LogP contribution in [0, 0.1) is 0 Å². The van der Waals surface area contributed by atoms with Crippen LogP contribution in [-0.4, -0.2) is 18.5 Å². The van der Waals surface area contributed by atoms with Gasteiger partial charge in [0.2, 0.25) is 5.91 Å². The van der Waals surface area contributed by atoms with Crippen molar-refractivity contribution < 1.29 is 14.3 Å². The van der Waals surface area contributed by atoms with Gasteiger partial charge in [0.05, 0.1) is 18.2 Å². The van der Waals surface area contributed by atoms with Gasteiger partial charge in [-0.2, -0.15) is 0 Å². The summed E-state index contributed by atoms with van der Waals surface area (Å²) < 4.78 is 5.27. The van der Waals surface area contributed by atoms with E-state index in [-0.39, 0.29) is 17.9 Å². The van der Waals surface area contributed by atoms with E-state index in [9.17, 15) is 9.59 Å². The molecule has 0 radical (unpaired) electrons. The van der Waals surface area contributed by atoms with Gasteiger partial charge in [0.15, 0.2) is 0 Å². The molecule has 2 rings (SSSR count). The molecule has 2 aromatic carbocycles. The Morgan fingerprint density at radius 3 is 2.22 bits per heavy atom. The van der Waals surface area contributed by atoms with Crippen LogP contribution in [0.1, 0.15) is 41.7 Å². The molecular weight excluding hydrogens is 290 g/mol. The summed E-state index contributed by atoms with van der Waals surface area (Å²) >= 11 is 0. The van der Waals surface area contributed by atoms with Gasteiger partial charge in [0.25, 0.3) is 0 Å². The van der Waals surface area contributed by atoms with Crippen LogP contribution in [0.2, 0.25) is 0 Å². The molecule has 120 valence electrons. The Bertz CT molecular complexity index is 626. The van der Waals surface area contributed by atoms with E-state index in [0.29, 0.717) is 25.0 Å². The number of amides is 1. The Kier molecular flexibility index (Phi) is 6.36. The number of hydrogen-bond donors (Lipinski definition) is 1. The number of carbonyl (C=O) groups excluding carboxylic acids is 2. The second-order valence-corrected chi connectivity index (χ2v) is 5.31.